The maximum Gasteiger partial charge on any atom is 0.415 e. The van der Waals surface area contributed by atoms with Crippen LogP contribution in [0.25, 0.3) is 27.1 Å². The molecule has 0 saturated carbocycles. The van der Waals surface area contributed by atoms with Crippen LogP contribution in [0.1, 0.15) is 5.56 Å². The number of alkyl halides is 3. The number of hydrogen-bond acceptors (Lipinski definition) is 3. The van der Waals surface area contributed by atoms with Crippen molar-refractivity contribution in [2.75, 3.05) is 10.0 Å². The van der Waals surface area contributed by atoms with Crippen LogP contribution in [-0.2, 0) is 0 Å². The monoisotopic (exact) mass is 491 g/mol. The Hall–Kier alpha value is -4.76. The quantitative estimate of drug-likeness (QED) is 0.255. The van der Waals surface area contributed by atoms with Gasteiger partial charge in [0.2, 0.25) is 0 Å². The summed E-state index contributed by atoms with van der Waals surface area (Å²) in [5.41, 5.74) is 1.04. The Bertz CT molecular complexity index is 1700. The van der Waals surface area contributed by atoms with E-state index in [-0.39, 0.29) is 11.3 Å². The average Bonchev–Trinajstić information content (AvgIpc) is 3.29. The minimum Gasteiger partial charge on any atom is -0.263 e. The second-order valence-corrected chi connectivity index (χ2v) is 8.90. The van der Waals surface area contributed by atoms with Crippen LogP contribution in [0.3, 0.4) is 0 Å². The molecule has 1 atom stereocenters. The first-order chi connectivity index (χ1) is 18.0. The van der Waals surface area contributed by atoms with Crippen molar-refractivity contribution >= 4 is 38.5 Å². The molecule has 1 heterocycles. The zero-order valence-corrected chi connectivity index (χ0v) is 19.5. The Morgan fingerprint density at radius 3 is 1.81 bits per heavy atom. The highest BCUT2D eigenvalue weighted by molar-refractivity contribution is 5.95. The molecule has 5 aromatic rings. The number of hydrazine groups is 1. The Labute approximate surface area is 211 Å². The van der Waals surface area contributed by atoms with Crippen LogP contribution >= 0.6 is 0 Å². The van der Waals surface area contributed by atoms with Gasteiger partial charge in [0, 0.05) is 5.57 Å². The first kappa shape index (κ1) is 22.7. The van der Waals surface area contributed by atoms with Crippen molar-refractivity contribution in [3.05, 3.63) is 127 Å². The lowest BCUT2D eigenvalue weighted by molar-refractivity contribution is -0.134. The fourth-order valence-electron chi connectivity index (χ4n) is 5.06. The number of allylic oxidation sites excluding steroid dienone is 1. The fraction of sp³-hybridized carbons (Fsp3) is 0.0645. The summed E-state index contributed by atoms with van der Waals surface area (Å²) in [5.74, 6) is 0. The zero-order valence-electron chi connectivity index (χ0n) is 19.5. The maximum absolute atomic E-state index is 15.0. The minimum absolute atomic E-state index is 0.0584. The van der Waals surface area contributed by atoms with Gasteiger partial charge in [-0.1, -0.05) is 84.9 Å². The van der Waals surface area contributed by atoms with Gasteiger partial charge < -0.3 is 0 Å². The normalized spacial score (nSPS) is 16.0. The van der Waals surface area contributed by atoms with Gasteiger partial charge in [0.25, 0.3) is 0 Å². The summed E-state index contributed by atoms with van der Waals surface area (Å²) in [6, 6.07) is 34.2. The number of anilines is 2. The van der Waals surface area contributed by atoms with E-state index >= 15 is 13.2 Å². The molecule has 1 unspecified atom stereocenters. The number of nitriles is 1. The average molecular weight is 492 g/mol. The summed E-state index contributed by atoms with van der Waals surface area (Å²) in [6.45, 7) is 0. The van der Waals surface area contributed by atoms with Crippen LogP contribution in [0.4, 0.5) is 24.5 Å². The Morgan fingerprint density at radius 2 is 1.19 bits per heavy atom. The maximum atomic E-state index is 15.0. The number of fused-ring (bicyclic) bond motifs is 2. The summed E-state index contributed by atoms with van der Waals surface area (Å²) in [5, 5.41) is 16.4. The molecule has 0 bridgehead atoms. The highest BCUT2D eigenvalue weighted by atomic mass is 19.4. The molecule has 5 aromatic carbocycles. The molecule has 0 aromatic heterocycles. The number of halogens is 3. The predicted molar refractivity (Wildman–Crippen MR) is 142 cm³/mol. The second kappa shape index (κ2) is 8.72. The lowest BCUT2D eigenvalue weighted by Gasteiger charge is -2.37. The molecule has 0 aliphatic carbocycles. The molecular formula is C31H20F3N3. The Kier molecular flexibility index (Phi) is 5.35. The van der Waals surface area contributed by atoms with Gasteiger partial charge >= 0.3 is 6.18 Å². The third-order valence-corrected chi connectivity index (χ3v) is 6.68. The van der Waals surface area contributed by atoms with Gasteiger partial charge in [-0.15, -0.1) is 0 Å². The third kappa shape index (κ3) is 3.85. The molecule has 6 rings (SSSR count). The number of para-hydroxylation sites is 1. The van der Waals surface area contributed by atoms with Crippen molar-refractivity contribution in [1.82, 2.24) is 0 Å². The van der Waals surface area contributed by atoms with Gasteiger partial charge in [0.05, 0.1) is 11.4 Å². The number of rotatable bonds is 3. The fourth-order valence-corrected chi connectivity index (χ4v) is 5.06. The van der Waals surface area contributed by atoms with E-state index in [1.165, 1.54) is 10.0 Å². The molecule has 0 amide bonds. The van der Waals surface area contributed by atoms with E-state index in [0.717, 1.165) is 21.5 Å². The van der Waals surface area contributed by atoms with Crippen molar-refractivity contribution in [2.45, 2.75) is 12.2 Å². The van der Waals surface area contributed by atoms with Crippen LogP contribution in [-0.4, -0.2) is 12.2 Å². The van der Waals surface area contributed by atoms with Crippen LogP contribution < -0.4 is 10.0 Å². The van der Waals surface area contributed by atoms with E-state index in [9.17, 15) is 5.26 Å². The summed E-state index contributed by atoms with van der Waals surface area (Å²) in [4.78, 5) is 0. The van der Waals surface area contributed by atoms with Crippen LogP contribution in [0.15, 0.2) is 121 Å². The van der Waals surface area contributed by atoms with Crippen molar-refractivity contribution in [1.29, 1.82) is 5.26 Å². The summed E-state index contributed by atoms with van der Waals surface area (Å²) >= 11 is 0. The minimum atomic E-state index is -4.67. The summed E-state index contributed by atoms with van der Waals surface area (Å²) in [7, 11) is 0. The number of benzene rings is 5. The molecule has 0 spiro atoms. The highest BCUT2D eigenvalue weighted by Gasteiger charge is 2.55. The highest BCUT2D eigenvalue weighted by Crippen LogP contribution is 2.48. The molecule has 0 N–H and O–H groups in total. The van der Waals surface area contributed by atoms with Crippen molar-refractivity contribution < 1.29 is 13.2 Å². The first-order valence-electron chi connectivity index (χ1n) is 11.8. The molecule has 1 aliphatic rings. The molecule has 37 heavy (non-hydrogen) atoms. The van der Waals surface area contributed by atoms with E-state index in [0.29, 0.717) is 16.9 Å². The lowest BCUT2D eigenvalue weighted by Crippen LogP contribution is -2.50. The second-order valence-electron chi connectivity index (χ2n) is 8.90. The van der Waals surface area contributed by atoms with Crippen molar-refractivity contribution in [3.8, 4) is 6.07 Å². The molecule has 180 valence electrons. The number of hydrogen-bond donors (Lipinski definition) is 0. The largest absolute Gasteiger partial charge is 0.415 e. The van der Waals surface area contributed by atoms with Gasteiger partial charge in [-0.25, -0.2) is 5.01 Å². The SMILES string of the molecule is N#CC1=C(c2ccc3ccccc3c2)C(C(F)(F)F)N(c2ccc3ccccc3c2)N1c1ccccc1. The van der Waals surface area contributed by atoms with Gasteiger partial charge in [0.15, 0.2) is 6.04 Å². The smallest absolute Gasteiger partial charge is 0.263 e. The standard InChI is InChI=1S/C31H20F3N3/c32-31(33,34)30-29(25-15-14-21-8-4-6-10-23(21)18-25)28(20-35)36(26-12-2-1-3-13-26)37(30)27-17-16-22-9-5-7-11-24(22)19-27/h1-19,30H. The number of nitrogens with zero attached hydrogens (tertiary/aromatic N) is 3. The molecule has 1 aliphatic heterocycles. The van der Waals surface area contributed by atoms with Crippen LogP contribution in [0, 0.1) is 11.3 Å². The van der Waals surface area contributed by atoms with E-state index < -0.39 is 12.2 Å². The summed E-state index contributed by atoms with van der Waals surface area (Å²) < 4.78 is 45.1. The lowest BCUT2D eigenvalue weighted by atomic mass is 9.94. The third-order valence-electron chi connectivity index (χ3n) is 6.68. The summed E-state index contributed by atoms with van der Waals surface area (Å²) in [6.07, 6.45) is -4.67. The van der Waals surface area contributed by atoms with E-state index in [1.54, 1.807) is 66.7 Å². The van der Waals surface area contributed by atoms with E-state index in [2.05, 4.69) is 6.07 Å². The van der Waals surface area contributed by atoms with E-state index in [1.807, 2.05) is 48.5 Å². The first-order valence-corrected chi connectivity index (χ1v) is 11.8. The Balaban J connectivity index is 1.64. The van der Waals surface area contributed by atoms with E-state index in [4.69, 9.17) is 0 Å². The zero-order chi connectivity index (χ0) is 25.6. The van der Waals surface area contributed by atoms with Crippen LogP contribution in [0.5, 0.6) is 0 Å². The van der Waals surface area contributed by atoms with Crippen LogP contribution in [0.2, 0.25) is 0 Å². The predicted octanol–water partition coefficient (Wildman–Crippen LogP) is 8.10. The van der Waals surface area contributed by atoms with Crippen molar-refractivity contribution in [3.63, 3.8) is 0 Å². The van der Waals surface area contributed by atoms with Gasteiger partial charge in [0.1, 0.15) is 11.8 Å². The molecule has 0 radical (unpaired) electrons. The molecule has 0 saturated heterocycles. The van der Waals surface area contributed by atoms with Gasteiger partial charge in [-0.2, -0.15) is 18.4 Å². The topological polar surface area (TPSA) is 30.3 Å². The molecule has 0 fully saturated rings. The molecule has 6 heteroatoms. The molecule has 3 nitrogen and oxygen atoms in total. The van der Waals surface area contributed by atoms with Crippen molar-refractivity contribution in [2.24, 2.45) is 0 Å². The van der Waals surface area contributed by atoms with Gasteiger partial charge in [-0.05, 0) is 57.4 Å². The molecular weight excluding hydrogens is 471 g/mol. The Morgan fingerprint density at radius 1 is 0.622 bits per heavy atom. The van der Waals surface area contributed by atoms with Gasteiger partial charge in [-0.3, -0.25) is 5.01 Å².